The van der Waals surface area contributed by atoms with Gasteiger partial charge in [-0.15, -0.1) is 0 Å². The van der Waals surface area contributed by atoms with Crippen LogP contribution >= 0.6 is 23.2 Å². The SMILES string of the molecule is Clc1cccc(Cl)c1OCCOc1ccccc1. The van der Waals surface area contributed by atoms with E-state index in [1.54, 1.807) is 18.2 Å². The molecule has 4 heteroatoms. The Morgan fingerprint density at radius 1 is 0.722 bits per heavy atom. The van der Waals surface area contributed by atoms with Gasteiger partial charge in [0.15, 0.2) is 5.75 Å². The number of halogens is 2. The lowest BCUT2D eigenvalue weighted by molar-refractivity contribution is 0.217. The maximum atomic E-state index is 5.98. The summed E-state index contributed by atoms with van der Waals surface area (Å²) in [5, 5.41) is 1.00. The maximum Gasteiger partial charge on any atom is 0.156 e. The van der Waals surface area contributed by atoms with Gasteiger partial charge in [0.2, 0.25) is 0 Å². The van der Waals surface area contributed by atoms with Gasteiger partial charge in [-0.25, -0.2) is 0 Å². The molecule has 0 aliphatic heterocycles. The van der Waals surface area contributed by atoms with E-state index in [2.05, 4.69) is 0 Å². The van der Waals surface area contributed by atoms with Crippen molar-refractivity contribution in [3.05, 3.63) is 58.6 Å². The maximum absolute atomic E-state index is 5.98. The second-order valence-electron chi connectivity index (χ2n) is 3.56. The molecule has 2 rings (SSSR count). The average molecular weight is 283 g/mol. The first-order valence-corrected chi connectivity index (χ1v) is 6.27. The van der Waals surface area contributed by atoms with E-state index < -0.39 is 0 Å². The smallest absolute Gasteiger partial charge is 0.156 e. The van der Waals surface area contributed by atoms with Crippen LogP contribution in [0.2, 0.25) is 10.0 Å². The van der Waals surface area contributed by atoms with E-state index in [0.717, 1.165) is 5.75 Å². The highest BCUT2D eigenvalue weighted by Crippen LogP contribution is 2.32. The minimum Gasteiger partial charge on any atom is -0.490 e. The fraction of sp³-hybridized carbons (Fsp3) is 0.143. The Balaban J connectivity index is 1.82. The zero-order valence-corrected chi connectivity index (χ0v) is 11.1. The highest BCUT2D eigenvalue weighted by atomic mass is 35.5. The zero-order chi connectivity index (χ0) is 12.8. The molecule has 0 aliphatic carbocycles. The second kappa shape index (κ2) is 6.53. The molecule has 0 atom stereocenters. The van der Waals surface area contributed by atoms with Crippen molar-refractivity contribution >= 4 is 23.2 Å². The summed E-state index contributed by atoms with van der Waals surface area (Å²) in [6, 6.07) is 14.8. The third-order valence-corrected chi connectivity index (χ3v) is 2.86. The Bertz CT molecular complexity index is 480. The fourth-order valence-electron chi connectivity index (χ4n) is 1.44. The monoisotopic (exact) mass is 282 g/mol. The molecule has 0 spiro atoms. The van der Waals surface area contributed by atoms with Crippen molar-refractivity contribution in [3.63, 3.8) is 0 Å². The van der Waals surface area contributed by atoms with E-state index in [4.69, 9.17) is 32.7 Å². The van der Waals surface area contributed by atoms with Crippen LogP contribution in [0.3, 0.4) is 0 Å². The van der Waals surface area contributed by atoms with E-state index in [0.29, 0.717) is 29.0 Å². The molecule has 0 saturated heterocycles. The van der Waals surface area contributed by atoms with Crippen LogP contribution in [-0.2, 0) is 0 Å². The minimum absolute atomic E-state index is 0.387. The van der Waals surface area contributed by atoms with Gasteiger partial charge in [-0.3, -0.25) is 0 Å². The van der Waals surface area contributed by atoms with Crippen LogP contribution in [-0.4, -0.2) is 13.2 Å². The van der Waals surface area contributed by atoms with Crippen molar-refractivity contribution in [3.8, 4) is 11.5 Å². The third kappa shape index (κ3) is 3.56. The van der Waals surface area contributed by atoms with Gasteiger partial charge in [-0.1, -0.05) is 47.5 Å². The lowest BCUT2D eigenvalue weighted by Crippen LogP contribution is -2.09. The molecular formula is C14H12Cl2O2. The number of hydrogen-bond acceptors (Lipinski definition) is 2. The quantitative estimate of drug-likeness (QED) is 0.755. The van der Waals surface area contributed by atoms with Gasteiger partial charge in [0.05, 0.1) is 10.0 Å². The molecule has 0 radical (unpaired) electrons. The predicted molar refractivity (Wildman–Crippen MR) is 73.9 cm³/mol. The topological polar surface area (TPSA) is 18.5 Å². The summed E-state index contributed by atoms with van der Waals surface area (Å²) in [6.45, 7) is 0.823. The Kier molecular flexibility index (Phi) is 4.73. The molecule has 2 aromatic carbocycles. The second-order valence-corrected chi connectivity index (χ2v) is 4.38. The molecular weight excluding hydrogens is 271 g/mol. The molecule has 0 aromatic heterocycles. The molecule has 0 fully saturated rings. The van der Waals surface area contributed by atoms with Gasteiger partial charge in [0.1, 0.15) is 19.0 Å². The summed E-state index contributed by atoms with van der Waals surface area (Å²) in [5.41, 5.74) is 0. The van der Waals surface area contributed by atoms with Crippen molar-refractivity contribution < 1.29 is 9.47 Å². The summed E-state index contributed by atoms with van der Waals surface area (Å²) >= 11 is 12.0. The number of benzene rings is 2. The highest BCUT2D eigenvalue weighted by molar-refractivity contribution is 6.37. The lowest BCUT2D eigenvalue weighted by Gasteiger charge is -2.10. The summed E-state index contributed by atoms with van der Waals surface area (Å²) in [5.74, 6) is 1.31. The molecule has 0 N–H and O–H groups in total. The minimum atomic E-state index is 0.387. The number of rotatable bonds is 5. The zero-order valence-electron chi connectivity index (χ0n) is 9.61. The van der Waals surface area contributed by atoms with Gasteiger partial charge in [0, 0.05) is 0 Å². The third-order valence-electron chi connectivity index (χ3n) is 2.26. The number of hydrogen-bond donors (Lipinski definition) is 0. The first-order valence-electron chi connectivity index (χ1n) is 5.52. The fourth-order valence-corrected chi connectivity index (χ4v) is 1.95. The molecule has 2 aromatic rings. The van der Waals surface area contributed by atoms with Crippen molar-refractivity contribution in [1.29, 1.82) is 0 Å². The van der Waals surface area contributed by atoms with E-state index >= 15 is 0 Å². The molecule has 94 valence electrons. The van der Waals surface area contributed by atoms with Crippen molar-refractivity contribution in [1.82, 2.24) is 0 Å². The molecule has 0 amide bonds. The molecule has 0 aliphatic rings. The number of ether oxygens (including phenoxy) is 2. The Morgan fingerprint density at radius 2 is 1.33 bits per heavy atom. The van der Waals surface area contributed by atoms with Crippen LogP contribution in [0.25, 0.3) is 0 Å². The molecule has 2 nitrogen and oxygen atoms in total. The molecule has 0 saturated carbocycles. The molecule has 0 bridgehead atoms. The van der Waals surface area contributed by atoms with Crippen LogP contribution < -0.4 is 9.47 Å². The Labute approximate surface area is 116 Å². The highest BCUT2D eigenvalue weighted by Gasteiger charge is 2.06. The molecule has 0 unspecified atom stereocenters. The van der Waals surface area contributed by atoms with Crippen LogP contribution in [0.15, 0.2) is 48.5 Å². The summed E-state index contributed by atoms with van der Waals surface area (Å²) in [7, 11) is 0. The van der Waals surface area contributed by atoms with Crippen LogP contribution in [0.5, 0.6) is 11.5 Å². The van der Waals surface area contributed by atoms with Crippen molar-refractivity contribution in [2.45, 2.75) is 0 Å². The van der Waals surface area contributed by atoms with Gasteiger partial charge >= 0.3 is 0 Å². The van der Waals surface area contributed by atoms with Gasteiger partial charge in [-0.05, 0) is 24.3 Å². The van der Waals surface area contributed by atoms with Crippen LogP contribution in [0.4, 0.5) is 0 Å². The largest absolute Gasteiger partial charge is 0.490 e. The van der Waals surface area contributed by atoms with Crippen molar-refractivity contribution in [2.24, 2.45) is 0 Å². The first kappa shape index (κ1) is 13.1. The summed E-state index contributed by atoms with van der Waals surface area (Å²) in [6.07, 6.45) is 0. The summed E-state index contributed by atoms with van der Waals surface area (Å²) in [4.78, 5) is 0. The summed E-state index contributed by atoms with van der Waals surface area (Å²) < 4.78 is 11.0. The van der Waals surface area contributed by atoms with Crippen LogP contribution in [0, 0.1) is 0 Å². The average Bonchev–Trinajstić information content (AvgIpc) is 2.38. The van der Waals surface area contributed by atoms with E-state index in [1.165, 1.54) is 0 Å². The number of para-hydroxylation sites is 2. The first-order chi connectivity index (χ1) is 8.77. The van der Waals surface area contributed by atoms with Crippen molar-refractivity contribution in [2.75, 3.05) is 13.2 Å². The van der Waals surface area contributed by atoms with Gasteiger partial charge in [0.25, 0.3) is 0 Å². The van der Waals surface area contributed by atoms with Gasteiger partial charge in [-0.2, -0.15) is 0 Å². The lowest BCUT2D eigenvalue weighted by atomic mass is 10.3. The molecule has 18 heavy (non-hydrogen) atoms. The van der Waals surface area contributed by atoms with E-state index in [-0.39, 0.29) is 0 Å². The molecule has 0 heterocycles. The predicted octanol–water partition coefficient (Wildman–Crippen LogP) is 4.45. The Morgan fingerprint density at radius 3 is 2.00 bits per heavy atom. The van der Waals surface area contributed by atoms with E-state index in [9.17, 15) is 0 Å². The normalized spacial score (nSPS) is 10.1. The van der Waals surface area contributed by atoms with Gasteiger partial charge < -0.3 is 9.47 Å². The standard InChI is InChI=1S/C14H12Cl2O2/c15-12-7-4-8-13(16)14(12)18-10-9-17-11-5-2-1-3-6-11/h1-8H,9-10H2. The van der Waals surface area contributed by atoms with Crippen LogP contribution in [0.1, 0.15) is 0 Å². The Hall–Kier alpha value is -1.38. The van der Waals surface area contributed by atoms with E-state index in [1.807, 2.05) is 30.3 Å².